The van der Waals surface area contributed by atoms with E-state index in [4.69, 9.17) is 9.47 Å². The van der Waals surface area contributed by atoms with E-state index in [1.165, 1.54) is 12.3 Å². The zero-order chi connectivity index (χ0) is 16.9. The van der Waals surface area contributed by atoms with Crippen LogP contribution in [0.15, 0.2) is 36.7 Å². The van der Waals surface area contributed by atoms with Gasteiger partial charge in [0, 0.05) is 18.4 Å². The highest BCUT2D eigenvalue weighted by atomic mass is 19.1. The van der Waals surface area contributed by atoms with Crippen molar-refractivity contribution >= 4 is 5.91 Å². The Kier molecular flexibility index (Phi) is 5.00. The van der Waals surface area contributed by atoms with Crippen LogP contribution < -0.4 is 4.74 Å². The molecule has 1 aliphatic rings. The summed E-state index contributed by atoms with van der Waals surface area (Å²) in [5, 5.41) is 0. The van der Waals surface area contributed by atoms with Crippen molar-refractivity contribution in [1.29, 1.82) is 0 Å². The first-order valence-corrected chi connectivity index (χ1v) is 7.70. The molecule has 2 aromatic heterocycles. The lowest BCUT2D eigenvalue weighted by atomic mass is 10.2. The van der Waals surface area contributed by atoms with Gasteiger partial charge in [0.2, 0.25) is 5.95 Å². The molecule has 3 heterocycles. The number of aromatic nitrogens is 2. The molecule has 126 valence electrons. The number of morpholine rings is 1. The molecule has 6 nitrogen and oxygen atoms in total. The molecule has 3 rings (SSSR count). The molecule has 7 heteroatoms. The molecule has 24 heavy (non-hydrogen) atoms. The summed E-state index contributed by atoms with van der Waals surface area (Å²) in [6, 6.07) is 6.67. The summed E-state index contributed by atoms with van der Waals surface area (Å²) in [5.74, 6) is -0.496. The van der Waals surface area contributed by atoms with E-state index in [1.807, 2.05) is 19.1 Å². The second-order valence-electron chi connectivity index (χ2n) is 5.53. The monoisotopic (exact) mass is 331 g/mol. The molecule has 0 N–H and O–H groups in total. The number of halogens is 1. The first-order valence-electron chi connectivity index (χ1n) is 7.70. The van der Waals surface area contributed by atoms with Crippen LogP contribution in [0.5, 0.6) is 5.75 Å². The van der Waals surface area contributed by atoms with Gasteiger partial charge in [-0.2, -0.15) is 4.39 Å². The predicted molar refractivity (Wildman–Crippen MR) is 84.3 cm³/mol. The summed E-state index contributed by atoms with van der Waals surface area (Å²) < 4.78 is 24.9. The van der Waals surface area contributed by atoms with Gasteiger partial charge in [-0.3, -0.25) is 9.78 Å². The Morgan fingerprint density at radius 1 is 1.42 bits per heavy atom. The first-order chi connectivity index (χ1) is 11.6. The second kappa shape index (κ2) is 7.35. The highest BCUT2D eigenvalue weighted by molar-refractivity contribution is 5.94. The number of carbonyl (C=O) groups excluding carboxylic acids is 1. The van der Waals surface area contributed by atoms with Crippen molar-refractivity contribution < 1.29 is 18.7 Å². The summed E-state index contributed by atoms with van der Waals surface area (Å²) in [6.45, 7) is 3.33. The van der Waals surface area contributed by atoms with Gasteiger partial charge in [0.1, 0.15) is 18.5 Å². The van der Waals surface area contributed by atoms with Crippen molar-refractivity contribution in [3.63, 3.8) is 0 Å². The van der Waals surface area contributed by atoms with Crippen LogP contribution in [0.2, 0.25) is 0 Å². The molecule has 0 aromatic carbocycles. The van der Waals surface area contributed by atoms with E-state index in [9.17, 15) is 9.18 Å². The third kappa shape index (κ3) is 3.86. The number of hydrogen-bond donors (Lipinski definition) is 0. The molecule has 1 atom stereocenters. The number of hydrogen-bond acceptors (Lipinski definition) is 5. The van der Waals surface area contributed by atoms with Crippen LogP contribution in [0.3, 0.4) is 0 Å². The number of nitrogens with zero attached hydrogens (tertiary/aromatic N) is 3. The van der Waals surface area contributed by atoms with Crippen LogP contribution in [0.25, 0.3) is 0 Å². The van der Waals surface area contributed by atoms with Crippen molar-refractivity contribution in [3.05, 3.63) is 53.9 Å². The zero-order valence-electron chi connectivity index (χ0n) is 13.3. The van der Waals surface area contributed by atoms with Gasteiger partial charge in [-0.1, -0.05) is 0 Å². The van der Waals surface area contributed by atoms with Crippen LogP contribution in [-0.4, -0.2) is 53.2 Å². The maximum absolute atomic E-state index is 13.7. The molecule has 1 saturated heterocycles. The van der Waals surface area contributed by atoms with Gasteiger partial charge in [0.05, 0.1) is 24.9 Å². The van der Waals surface area contributed by atoms with E-state index in [0.29, 0.717) is 32.1 Å². The first kappa shape index (κ1) is 16.3. The highest BCUT2D eigenvalue weighted by Gasteiger charge is 2.27. The van der Waals surface area contributed by atoms with Crippen LogP contribution in [0.1, 0.15) is 16.1 Å². The maximum Gasteiger partial charge on any atom is 0.258 e. The Hall–Kier alpha value is -2.54. The molecule has 0 aliphatic carbocycles. The Morgan fingerprint density at radius 2 is 2.29 bits per heavy atom. The Bertz CT molecular complexity index is 708. The molecule has 0 radical (unpaired) electrons. The molecule has 1 fully saturated rings. The van der Waals surface area contributed by atoms with E-state index in [0.717, 1.165) is 5.69 Å². The van der Waals surface area contributed by atoms with Gasteiger partial charge in [-0.05, 0) is 31.2 Å². The second-order valence-corrected chi connectivity index (χ2v) is 5.53. The van der Waals surface area contributed by atoms with Gasteiger partial charge >= 0.3 is 0 Å². The molecular formula is C17H18FN3O3. The molecule has 0 bridgehead atoms. The van der Waals surface area contributed by atoms with Gasteiger partial charge in [0.25, 0.3) is 5.91 Å². The molecule has 0 spiro atoms. The Labute approximate surface area is 139 Å². The van der Waals surface area contributed by atoms with Crippen molar-refractivity contribution in [2.24, 2.45) is 0 Å². The van der Waals surface area contributed by atoms with Crippen LogP contribution in [-0.2, 0) is 4.74 Å². The SMILES string of the molecule is Cc1ccc(OCC2CN(C(=O)c3cccnc3F)CCO2)cn1. The molecule has 1 unspecified atom stereocenters. The quantitative estimate of drug-likeness (QED) is 0.800. The highest BCUT2D eigenvalue weighted by Crippen LogP contribution is 2.14. The number of ether oxygens (including phenoxy) is 2. The summed E-state index contributed by atoms with van der Waals surface area (Å²) in [5.41, 5.74) is 0.883. The summed E-state index contributed by atoms with van der Waals surface area (Å²) in [4.78, 5) is 21.7. The largest absolute Gasteiger partial charge is 0.489 e. The zero-order valence-corrected chi connectivity index (χ0v) is 13.3. The molecule has 0 saturated carbocycles. The van der Waals surface area contributed by atoms with Crippen molar-refractivity contribution in [2.45, 2.75) is 13.0 Å². The van der Waals surface area contributed by atoms with Gasteiger partial charge in [-0.25, -0.2) is 4.98 Å². The minimum absolute atomic E-state index is 0.0261. The lowest BCUT2D eigenvalue weighted by molar-refractivity contribution is -0.0402. The third-order valence-corrected chi connectivity index (χ3v) is 3.74. The van der Waals surface area contributed by atoms with Gasteiger partial charge < -0.3 is 14.4 Å². The lowest BCUT2D eigenvalue weighted by Gasteiger charge is -2.32. The Balaban J connectivity index is 1.59. The number of carbonyl (C=O) groups is 1. The number of rotatable bonds is 4. The van der Waals surface area contributed by atoms with Gasteiger partial charge in [-0.15, -0.1) is 0 Å². The van der Waals surface area contributed by atoms with Gasteiger partial charge in [0.15, 0.2) is 0 Å². The number of amides is 1. The fraction of sp³-hybridized carbons (Fsp3) is 0.353. The average Bonchev–Trinajstić information content (AvgIpc) is 2.61. The lowest BCUT2D eigenvalue weighted by Crippen LogP contribution is -2.47. The van der Waals surface area contributed by atoms with Crippen molar-refractivity contribution in [2.75, 3.05) is 26.3 Å². The number of pyridine rings is 2. The molecular weight excluding hydrogens is 313 g/mol. The summed E-state index contributed by atoms with van der Waals surface area (Å²) >= 11 is 0. The molecule has 2 aromatic rings. The fourth-order valence-electron chi connectivity index (χ4n) is 2.45. The van der Waals surface area contributed by atoms with Crippen molar-refractivity contribution in [1.82, 2.24) is 14.9 Å². The van der Waals surface area contributed by atoms with Crippen LogP contribution in [0, 0.1) is 12.9 Å². The Morgan fingerprint density at radius 3 is 3.04 bits per heavy atom. The fourth-order valence-corrected chi connectivity index (χ4v) is 2.45. The summed E-state index contributed by atoms with van der Waals surface area (Å²) in [6.07, 6.45) is 2.69. The molecule has 1 aliphatic heterocycles. The van der Waals surface area contributed by atoms with E-state index < -0.39 is 5.95 Å². The molecule has 1 amide bonds. The van der Waals surface area contributed by atoms with E-state index in [2.05, 4.69) is 9.97 Å². The minimum Gasteiger partial charge on any atom is -0.489 e. The van der Waals surface area contributed by atoms with Crippen molar-refractivity contribution in [3.8, 4) is 5.75 Å². The smallest absolute Gasteiger partial charge is 0.258 e. The standard InChI is InChI=1S/C17H18FN3O3/c1-12-4-5-13(9-20-12)24-11-14-10-21(7-8-23-14)17(22)15-3-2-6-19-16(15)18/h2-6,9,14H,7-8,10-11H2,1H3. The van der Waals surface area contributed by atoms with E-state index in [-0.39, 0.29) is 17.6 Å². The van der Waals surface area contributed by atoms with Crippen LogP contribution in [0.4, 0.5) is 4.39 Å². The maximum atomic E-state index is 13.7. The van der Waals surface area contributed by atoms with Crippen LogP contribution >= 0.6 is 0 Å². The minimum atomic E-state index is -0.757. The van der Waals surface area contributed by atoms with E-state index >= 15 is 0 Å². The van der Waals surface area contributed by atoms with E-state index in [1.54, 1.807) is 17.2 Å². The number of aryl methyl sites for hydroxylation is 1. The predicted octanol–water partition coefficient (Wildman–Crippen LogP) is 1.84. The topological polar surface area (TPSA) is 64.5 Å². The normalized spacial score (nSPS) is 17.6. The third-order valence-electron chi connectivity index (χ3n) is 3.74. The average molecular weight is 331 g/mol. The summed E-state index contributed by atoms with van der Waals surface area (Å²) in [7, 11) is 0.